The van der Waals surface area contributed by atoms with Gasteiger partial charge in [0.2, 0.25) is 0 Å². The molecule has 2 aliphatic heterocycles. The van der Waals surface area contributed by atoms with Crippen molar-refractivity contribution in [1.82, 2.24) is 24.3 Å². The number of aryl methyl sites for hydroxylation is 1. The molecule has 3 aromatic heterocycles. The molecule has 230 valence electrons. The number of ether oxygens (including phenoxy) is 2. The molecule has 11 heteroatoms. The van der Waals surface area contributed by atoms with Gasteiger partial charge in [-0.1, -0.05) is 0 Å². The second-order valence-electron chi connectivity index (χ2n) is 12.5. The van der Waals surface area contributed by atoms with Crippen LogP contribution in [0.15, 0.2) is 55.0 Å². The van der Waals surface area contributed by atoms with Crippen LogP contribution in [0.2, 0.25) is 0 Å². The Labute approximate surface area is 257 Å². The van der Waals surface area contributed by atoms with Crippen LogP contribution in [0.3, 0.4) is 0 Å². The molecule has 1 unspecified atom stereocenters. The number of pyridine rings is 2. The summed E-state index contributed by atoms with van der Waals surface area (Å²) in [6.45, 7) is 9.11. The van der Waals surface area contributed by atoms with Crippen molar-refractivity contribution in [3.63, 3.8) is 0 Å². The molecule has 0 radical (unpaired) electrons. The summed E-state index contributed by atoms with van der Waals surface area (Å²) in [5.41, 5.74) is 5.34. The van der Waals surface area contributed by atoms with Crippen LogP contribution in [0, 0.1) is 0 Å². The van der Waals surface area contributed by atoms with Gasteiger partial charge in [0.25, 0.3) is 5.91 Å². The molecule has 0 bridgehead atoms. The molecule has 11 nitrogen and oxygen atoms in total. The summed E-state index contributed by atoms with van der Waals surface area (Å²) >= 11 is 0. The van der Waals surface area contributed by atoms with E-state index in [1.165, 1.54) is 4.90 Å². The highest BCUT2D eigenvalue weighted by molar-refractivity contribution is 6.12. The van der Waals surface area contributed by atoms with Crippen LogP contribution in [0.5, 0.6) is 0 Å². The fourth-order valence-electron chi connectivity index (χ4n) is 5.94. The van der Waals surface area contributed by atoms with Crippen molar-refractivity contribution in [3.8, 4) is 11.3 Å². The Hall–Kier alpha value is -4.48. The van der Waals surface area contributed by atoms with Gasteiger partial charge in [-0.15, -0.1) is 0 Å². The third kappa shape index (κ3) is 5.60. The first-order valence-electron chi connectivity index (χ1n) is 14.8. The van der Waals surface area contributed by atoms with Crippen LogP contribution < -0.4 is 10.2 Å². The van der Waals surface area contributed by atoms with E-state index in [0.717, 1.165) is 53.2 Å². The standard InChI is InChI=1S/C33H39N7O4/c1-33(2,3)44-32(42)40-30(36-22-7-8-26(21(19-22)20-37(4)5)39-15-17-43-18-16-39)25-10-12-34-28(27(25)31(40)41)23-9-13-35-29-24(23)11-14-38(29)6/h7-14,19,30,36H,15-18,20H2,1-6H3. The van der Waals surface area contributed by atoms with Crippen LogP contribution in [-0.4, -0.2) is 82.3 Å². The summed E-state index contributed by atoms with van der Waals surface area (Å²) in [6, 6.07) is 11.8. The van der Waals surface area contributed by atoms with Crippen molar-refractivity contribution < 1.29 is 19.1 Å². The largest absolute Gasteiger partial charge is 0.443 e. The highest BCUT2D eigenvalue weighted by Gasteiger charge is 2.45. The monoisotopic (exact) mass is 597 g/mol. The zero-order valence-electron chi connectivity index (χ0n) is 26.1. The molecule has 5 heterocycles. The van der Waals surface area contributed by atoms with E-state index in [4.69, 9.17) is 9.47 Å². The molecule has 1 aromatic carbocycles. The van der Waals surface area contributed by atoms with Gasteiger partial charge in [0.15, 0.2) is 0 Å². The zero-order chi connectivity index (χ0) is 31.2. The maximum Gasteiger partial charge on any atom is 0.419 e. The van der Waals surface area contributed by atoms with Crippen LogP contribution in [0.25, 0.3) is 22.3 Å². The van der Waals surface area contributed by atoms with Crippen molar-refractivity contribution in [1.29, 1.82) is 0 Å². The molecule has 0 saturated carbocycles. The minimum absolute atomic E-state index is 0.366. The van der Waals surface area contributed by atoms with Gasteiger partial charge in [0.1, 0.15) is 17.4 Å². The second kappa shape index (κ2) is 11.5. The Kier molecular flexibility index (Phi) is 7.77. The predicted molar refractivity (Wildman–Crippen MR) is 170 cm³/mol. The third-order valence-electron chi connectivity index (χ3n) is 7.80. The third-order valence-corrected chi connectivity index (χ3v) is 7.80. The Bertz CT molecular complexity index is 1720. The Morgan fingerprint density at radius 1 is 1.09 bits per heavy atom. The summed E-state index contributed by atoms with van der Waals surface area (Å²) in [5, 5.41) is 4.38. The minimum Gasteiger partial charge on any atom is -0.443 e. The maximum atomic E-state index is 14.2. The van der Waals surface area contributed by atoms with Gasteiger partial charge in [-0.2, -0.15) is 0 Å². The van der Waals surface area contributed by atoms with Crippen LogP contribution in [-0.2, 0) is 23.1 Å². The molecule has 44 heavy (non-hydrogen) atoms. The minimum atomic E-state index is -0.802. The number of nitrogens with one attached hydrogen (secondary N) is 1. The van der Waals surface area contributed by atoms with E-state index in [0.29, 0.717) is 30.0 Å². The fraction of sp³-hybridized carbons (Fsp3) is 0.394. The van der Waals surface area contributed by atoms with Gasteiger partial charge in [-0.05, 0) is 76.8 Å². The first kappa shape index (κ1) is 29.6. The average Bonchev–Trinajstić information content (AvgIpc) is 3.49. The van der Waals surface area contributed by atoms with Crippen molar-refractivity contribution in [3.05, 3.63) is 71.7 Å². The average molecular weight is 598 g/mol. The number of rotatable bonds is 6. The molecule has 0 aliphatic carbocycles. The van der Waals surface area contributed by atoms with Gasteiger partial charge in [0.05, 0.1) is 24.5 Å². The lowest BCUT2D eigenvalue weighted by molar-refractivity contribution is 0.0208. The number of morpholine rings is 1. The van der Waals surface area contributed by atoms with Gasteiger partial charge in [-0.25, -0.2) is 14.7 Å². The van der Waals surface area contributed by atoms with Gasteiger partial charge < -0.3 is 29.2 Å². The molecule has 1 fully saturated rings. The van der Waals surface area contributed by atoms with E-state index in [2.05, 4.69) is 37.2 Å². The number of aromatic nitrogens is 3. The number of carbonyl (C=O) groups is 2. The van der Waals surface area contributed by atoms with E-state index >= 15 is 0 Å². The maximum absolute atomic E-state index is 14.2. The Morgan fingerprint density at radius 2 is 1.84 bits per heavy atom. The molecule has 6 rings (SSSR count). The molecule has 2 aliphatic rings. The number of fused-ring (bicyclic) bond motifs is 2. The summed E-state index contributed by atoms with van der Waals surface area (Å²) in [5.74, 6) is -0.464. The number of carbonyl (C=O) groups excluding carboxylic acids is 2. The number of hydrogen-bond acceptors (Lipinski definition) is 9. The van der Waals surface area contributed by atoms with Crippen molar-refractivity contribution >= 4 is 34.4 Å². The van der Waals surface area contributed by atoms with Crippen molar-refractivity contribution in [2.75, 3.05) is 50.6 Å². The number of benzene rings is 1. The molecule has 1 saturated heterocycles. The topological polar surface area (TPSA) is 105 Å². The highest BCUT2D eigenvalue weighted by atomic mass is 16.6. The lowest BCUT2D eigenvalue weighted by atomic mass is 10.0. The Morgan fingerprint density at radius 3 is 2.57 bits per heavy atom. The normalized spacial score (nSPS) is 17.0. The van der Waals surface area contributed by atoms with E-state index in [1.807, 2.05) is 50.1 Å². The van der Waals surface area contributed by atoms with E-state index in [9.17, 15) is 9.59 Å². The lowest BCUT2D eigenvalue weighted by Gasteiger charge is -2.32. The number of imide groups is 1. The van der Waals surface area contributed by atoms with E-state index < -0.39 is 23.8 Å². The van der Waals surface area contributed by atoms with Gasteiger partial charge in [-0.3, -0.25) is 9.78 Å². The number of nitrogens with zero attached hydrogens (tertiary/aromatic N) is 6. The Balaban J connectivity index is 1.44. The lowest BCUT2D eigenvalue weighted by Crippen LogP contribution is -2.41. The van der Waals surface area contributed by atoms with E-state index in [1.54, 1.807) is 39.2 Å². The molecule has 1 N–H and O–H groups in total. The number of anilines is 2. The smallest absolute Gasteiger partial charge is 0.419 e. The molecular weight excluding hydrogens is 558 g/mol. The summed E-state index contributed by atoms with van der Waals surface area (Å²) < 4.78 is 13.3. The molecule has 4 aromatic rings. The van der Waals surface area contributed by atoms with Gasteiger partial charge in [0, 0.05) is 73.2 Å². The van der Waals surface area contributed by atoms with Crippen LogP contribution >= 0.6 is 0 Å². The van der Waals surface area contributed by atoms with Crippen LogP contribution in [0.1, 0.15) is 48.4 Å². The SMILES string of the molecule is CN(C)Cc1cc(NC2c3ccnc(-c4ccnc5c4ccn5C)c3C(=O)N2C(=O)OC(C)(C)C)ccc1N1CCOCC1. The summed E-state index contributed by atoms with van der Waals surface area (Å²) in [4.78, 5) is 42.7. The quantitative estimate of drug-likeness (QED) is 0.328. The van der Waals surface area contributed by atoms with Gasteiger partial charge >= 0.3 is 6.09 Å². The van der Waals surface area contributed by atoms with Crippen molar-refractivity contribution in [2.45, 2.75) is 39.1 Å². The first-order chi connectivity index (χ1) is 21.0. The van der Waals surface area contributed by atoms with E-state index in [-0.39, 0.29) is 0 Å². The number of amides is 2. The zero-order valence-corrected chi connectivity index (χ0v) is 26.1. The van der Waals surface area contributed by atoms with Crippen LogP contribution in [0.4, 0.5) is 16.2 Å². The summed E-state index contributed by atoms with van der Waals surface area (Å²) in [7, 11) is 6.00. The predicted octanol–water partition coefficient (Wildman–Crippen LogP) is 5.04. The first-order valence-corrected chi connectivity index (χ1v) is 14.8. The second-order valence-corrected chi connectivity index (χ2v) is 12.5. The number of hydrogen-bond donors (Lipinski definition) is 1. The fourth-order valence-corrected chi connectivity index (χ4v) is 5.94. The molecular formula is C33H39N7O4. The van der Waals surface area contributed by atoms with Crippen molar-refractivity contribution in [2.24, 2.45) is 7.05 Å². The molecule has 1 atom stereocenters. The molecule has 2 amide bonds. The molecule has 0 spiro atoms. The highest BCUT2D eigenvalue weighted by Crippen LogP contribution is 2.41. The summed E-state index contributed by atoms with van der Waals surface area (Å²) in [6.07, 6.45) is 3.80.